The molecule has 0 spiro atoms. The third kappa shape index (κ3) is 3.54. The van der Waals surface area contributed by atoms with Gasteiger partial charge in [-0.3, -0.25) is 0 Å². The number of furan rings is 1. The van der Waals surface area contributed by atoms with E-state index >= 15 is 0 Å². The van der Waals surface area contributed by atoms with E-state index < -0.39 is 0 Å². The molecule has 0 saturated heterocycles. The van der Waals surface area contributed by atoms with Gasteiger partial charge in [0.2, 0.25) is 0 Å². The number of benzene rings is 4. The van der Waals surface area contributed by atoms with Gasteiger partial charge >= 0.3 is 0 Å². The van der Waals surface area contributed by atoms with E-state index in [-0.39, 0.29) is 0 Å². The second kappa shape index (κ2) is 9.06. The molecule has 4 heterocycles. The highest BCUT2D eigenvalue weighted by atomic mass is 16.3. The lowest BCUT2D eigenvalue weighted by Gasteiger charge is -2.11. The van der Waals surface area contributed by atoms with E-state index in [2.05, 4.69) is 95.6 Å². The zero-order chi connectivity index (χ0) is 26.5. The smallest absolute Gasteiger partial charge is 0.182 e. The summed E-state index contributed by atoms with van der Waals surface area (Å²) in [5.74, 6) is 1.53. The van der Waals surface area contributed by atoms with Gasteiger partial charge in [0.15, 0.2) is 11.5 Å². The van der Waals surface area contributed by atoms with E-state index in [9.17, 15) is 0 Å². The van der Waals surface area contributed by atoms with Crippen LogP contribution in [0.4, 0.5) is 0 Å². The van der Waals surface area contributed by atoms with Crippen molar-refractivity contribution in [1.29, 1.82) is 0 Å². The summed E-state index contributed by atoms with van der Waals surface area (Å²) >= 11 is 0. The number of fused-ring (bicyclic) bond motifs is 4. The second-order valence-corrected chi connectivity index (χ2v) is 9.79. The molecule has 0 saturated carbocycles. The Morgan fingerprint density at radius 1 is 0.675 bits per heavy atom. The van der Waals surface area contributed by atoms with Crippen molar-refractivity contribution in [2.45, 2.75) is 6.54 Å². The molecule has 0 fully saturated rings. The Bertz CT molecular complexity index is 2120. The summed E-state index contributed by atoms with van der Waals surface area (Å²) in [6.45, 7) is 0.536. The molecule has 0 aliphatic heterocycles. The summed E-state index contributed by atoms with van der Waals surface area (Å²) < 4.78 is 9.84. The van der Waals surface area contributed by atoms with Gasteiger partial charge < -0.3 is 8.98 Å². The molecular weight excluding hydrogens is 494 g/mol. The van der Waals surface area contributed by atoms with Crippen LogP contribution in [0.5, 0.6) is 0 Å². The molecule has 40 heavy (non-hydrogen) atoms. The topological polar surface area (TPSA) is 61.2 Å². The van der Waals surface area contributed by atoms with Crippen molar-refractivity contribution >= 4 is 27.5 Å². The summed E-state index contributed by atoms with van der Waals surface area (Å²) in [4.78, 5) is 10.1. The number of hydrogen-bond acceptors (Lipinski definition) is 4. The Kier molecular flexibility index (Phi) is 5.10. The molecule has 190 valence electrons. The molecule has 0 radical (unpaired) electrons. The average Bonchev–Trinajstić information content (AvgIpc) is 3.76. The van der Waals surface area contributed by atoms with Crippen LogP contribution >= 0.6 is 0 Å². The van der Waals surface area contributed by atoms with Crippen LogP contribution in [0.3, 0.4) is 0 Å². The lowest BCUT2D eigenvalue weighted by Crippen LogP contribution is -2.03. The van der Waals surface area contributed by atoms with Gasteiger partial charge in [-0.05, 0) is 34.0 Å². The van der Waals surface area contributed by atoms with Crippen LogP contribution in [-0.4, -0.2) is 24.1 Å². The molecule has 0 atom stereocenters. The number of nitrogens with zero attached hydrogens (tertiary/aromatic N) is 5. The Labute approximate surface area is 229 Å². The lowest BCUT2D eigenvalue weighted by atomic mass is 9.99. The van der Waals surface area contributed by atoms with Crippen LogP contribution in [0.15, 0.2) is 132 Å². The summed E-state index contributed by atoms with van der Waals surface area (Å²) in [7, 11) is 0. The predicted octanol–water partition coefficient (Wildman–Crippen LogP) is 7.87. The van der Waals surface area contributed by atoms with Crippen molar-refractivity contribution in [2.24, 2.45) is 0 Å². The standard InChI is InChI=1S/C34H23N5O/c1-3-12-24(13-4-1)29-30-33(38(21-26-17-10-20-40-26)31(29)25-14-5-2-6-15-25)35-22-39-34(30)36-32(37-39)28-19-9-16-23-11-7-8-18-27(23)28/h1-20,22H,21H2. The van der Waals surface area contributed by atoms with Gasteiger partial charge in [0, 0.05) is 11.1 Å². The summed E-state index contributed by atoms with van der Waals surface area (Å²) in [6, 6.07) is 39.4. The summed E-state index contributed by atoms with van der Waals surface area (Å²) in [6.07, 6.45) is 3.48. The first-order chi connectivity index (χ1) is 19.8. The van der Waals surface area contributed by atoms with Crippen molar-refractivity contribution in [3.63, 3.8) is 0 Å². The quantitative estimate of drug-likeness (QED) is 0.233. The third-order valence-corrected chi connectivity index (χ3v) is 7.41. The molecule has 0 unspecified atom stereocenters. The van der Waals surface area contributed by atoms with Gasteiger partial charge in [-0.1, -0.05) is 103 Å². The first-order valence-corrected chi connectivity index (χ1v) is 13.2. The minimum absolute atomic E-state index is 0.536. The van der Waals surface area contributed by atoms with Crippen molar-refractivity contribution in [3.05, 3.63) is 134 Å². The third-order valence-electron chi connectivity index (χ3n) is 7.41. The number of hydrogen-bond donors (Lipinski definition) is 0. The molecule has 8 rings (SSSR count). The Balaban J connectivity index is 1.49. The highest BCUT2D eigenvalue weighted by Gasteiger charge is 2.25. The predicted molar refractivity (Wildman–Crippen MR) is 158 cm³/mol. The van der Waals surface area contributed by atoms with E-state index in [4.69, 9.17) is 19.5 Å². The molecule has 0 aliphatic rings. The Morgan fingerprint density at radius 3 is 2.23 bits per heavy atom. The fraction of sp³-hybridized carbons (Fsp3) is 0.0294. The van der Waals surface area contributed by atoms with Gasteiger partial charge in [-0.2, -0.15) is 0 Å². The van der Waals surface area contributed by atoms with Crippen LogP contribution in [0.1, 0.15) is 5.76 Å². The normalized spacial score (nSPS) is 11.6. The van der Waals surface area contributed by atoms with Gasteiger partial charge in [-0.25, -0.2) is 14.5 Å². The van der Waals surface area contributed by atoms with E-state index in [0.29, 0.717) is 12.4 Å². The molecule has 8 aromatic rings. The highest BCUT2D eigenvalue weighted by molar-refractivity contribution is 6.10. The number of aromatic nitrogens is 5. The van der Waals surface area contributed by atoms with Crippen LogP contribution in [0.2, 0.25) is 0 Å². The van der Waals surface area contributed by atoms with Crippen molar-refractivity contribution in [2.75, 3.05) is 0 Å². The SMILES string of the molecule is c1ccc(-c2c(-c3ccccc3)n(Cc3ccco3)c3ncn4nc(-c5cccc6ccccc56)nc4c23)cc1. The van der Waals surface area contributed by atoms with Crippen LogP contribution in [0.25, 0.3) is 61.2 Å². The molecule has 6 heteroatoms. The molecule has 0 bridgehead atoms. The minimum Gasteiger partial charge on any atom is -0.467 e. The molecular formula is C34H23N5O. The van der Waals surface area contributed by atoms with Crippen molar-refractivity contribution in [1.82, 2.24) is 24.1 Å². The average molecular weight is 518 g/mol. The molecule has 4 aromatic heterocycles. The monoisotopic (exact) mass is 517 g/mol. The van der Waals surface area contributed by atoms with E-state index in [1.54, 1.807) is 17.1 Å². The molecule has 6 nitrogen and oxygen atoms in total. The zero-order valence-corrected chi connectivity index (χ0v) is 21.5. The fourth-order valence-electron chi connectivity index (χ4n) is 5.66. The minimum atomic E-state index is 0.536. The first-order valence-electron chi connectivity index (χ1n) is 13.2. The Hall–Kier alpha value is -5.49. The maximum Gasteiger partial charge on any atom is 0.182 e. The Morgan fingerprint density at radius 2 is 1.43 bits per heavy atom. The maximum absolute atomic E-state index is 5.80. The van der Waals surface area contributed by atoms with Crippen molar-refractivity contribution < 1.29 is 4.42 Å². The van der Waals surface area contributed by atoms with Gasteiger partial charge in [0.25, 0.3) is 0 Å². The second-order valence-electron chi connectivity index (χ2n) is 9.79. The van der Waals surface area contributed by atoms with Gasteiger partial charge in [0.1, 0.15) is 17.7 Å². The fourth-order valence-corrected chi connectivity index (χ4v) is 5.66. The largest absolute Gasteiger partial charge is 0.467 e. The maximum atomic E-state index is 5.80. The van der Waals surface area contributed by atoms with E-state index in [0.717, 1.165) is 61.2 Å². The van der Waals surface area contributed by atoms with Crippen LogP contribution in [0, 0.1) is 0 Å². The van der Waals surface area contributed by atoms with Crippen LogP contribution < -0.4 is 0 Å². The summed E-state index contributed by atoms with van der Waals surface area (Å²) in [5, 5.41) is 8.15. The molecule has 0 aliphatic carbocycles. The van der Waals surface area contributed by atoms with Gasteiger partial charge in [0.05, 0.1) is 23.9 Å². The van der Waals surface area contributed by atoms with Crippen LogP contribution in [-0.2, 0) is 6.54 Å². The molecule has 0 amide bonds. The molecule has 4 aromatic carbocycles. The number of rotatable bonds is 5. The van der Waals surface area contributed by atoms with Crippen molar-refractivity contribution in [3.8, 4) is 33.8 Å². The lowest BCUT2D eigenvalue weighted by molar-refractivity contribution is 0.497. The van der Waals surface area contributed by atoms with Gasteiger partial charge in [-0.15, -0.1) is 5.10 Å². The zero-order valence-electron chi connectivity index (χ0n) is 21.5. The summed E-state index contributed by atoms with van der Waals surface area (Å²) in [5.41, 5.74) is 6.92. The van der Waals surface area contributed by atoms with E-state index in [1.807, 2.05) is 24.3 Å². The highest BCUT2D eigenvalue weighted by Crippen LogP contribution is 2.42. The van der Waals surface area contributed by atoms with E-state index in [1.165, 1.54) is 0 Å². The molecule has 0 N–H and O–H groups in total. The first kappa shape index (κ1) is 22.5.